The summed E-state index contributed by atoms with van der Waals surface area (Å²) in [5.41, 5.74) is 2.19. The van der Waals surface area contributed by atoms with Crippen LogP contribution >= 0.6 is 15.9 Å². The monoisotopic (exact) mass is 336 g/mol. The SMILES string of the molecule is CNCC(c1nc(-c2ccccc2)n(C)c1Br)N(C)C. The highest BCUT2D eigenvalue weighted by atomic mass is 79.9. The van der Waals surface area contributed by atoms with Crippen molar-refractivity contribution in [3.8, 4) is 11.4 Å². The largest absolute Gasteiger partial charge is 0.322 e. The molecule has 5 heteroatoms. The van der Waals surface area contributed by atoms with Crippen molar-refractivity contribution in [3.63, 3.8) is 0 Å². The van der Waals surface area contributed by atoms with Crippen LogP contribution in [0.1, 0.15) is 11.7 Å². The maximum atomic E-state index is 4.85. The minimum atomic E-state index is 0.234. The maximum Gasteiger partial charge on any atom is 0.140 e. The first-order valence-corrected chi connectivity index (χ1v) is 7.44. The van der Waals surface area contributed by atoms with Gasteiger partial charge in [-0.1, -0.05) is 30.3 Å². The molecule has 20 heavy (non-hydrogen) atoms. The van der Waals surface area contributed by atoms with Crippen molar-refractivity contribution >= 4 is 15.9 Å². The van der Waals surface area contributed by atoms with Crippen LogP contribution in [0.4, 0.5) is 0 Å². The molecule has 0 radical (unpaired) electrons. The molecule has 0 aliphatic carbocycles. The summed E-state index contributed by atoms with van der Waals surface area (Å²) in [6.07, 6.45) is 0. The molecule has 0 fully saturated rings. The Balaban J connectivity index is 2.47. The zero-order valence-corrected chi connectivity index (χ0v) is 14.0. The molecule has 0 aliphatic heterocycles. The van der Waals surface area contributed by atoms with E-state index in [1.807, 2.05) is 32.3 Å². The number of likely N-dealkylation sites (N-methyl/N-ethyl adjacent to an activating group) is 2. The van der Waals surface area contributed by atoms with E-state index in [4.69, 9.17) is 4.98 Å². The van der Waals surface area contributed by atoms with Crippen molar-refractivity contribution in [2.75, 3.05) is 27.7 Å². The van der Waals surface area contributed by atoms with Crippen LogP contribution in [0.15, 0.2) is 34.9 Å². The third-order valence-electron chi connectivity index (χ3n) is 3.42. The number of rotatable bonds is 5. The molecule has 1 atom stereocenters. The Morgan fingerprint density at radius 2 is 1.95 bits per heavy atom. The molecule has 1 N–H and O–H groups in total. The van der Waals surface area contributed by atoms with E-state index < -0.39 is 0 Å². The Hall–Kier alpha value is -1.17. The molecule has 1 aromatic heterocycles. The minimum Gasteiger partial charge on any atom is -0.322 e. The number of benzene rings is 1. The highest BCUT2D eigenvalue weighted by Gasteiger charge is 2.23. The Kier molecular flexibility index (Phi) is 4.96. The van der Waals surface area contributed by atoms with Crippen LogP contribution in [0.3, 0.4) is 0 Å². The lowest BCUT2D eigenvalue weighted by Crippen LogP contribution is -2.29. The van der Waals surface area contributed by atoms with Gasteiger partial charge in [-0.3, -0.25) is 4.90 Å². The molecule has 4 nitrogen and oxygen atoms in total. The zero-order valence-electron chi connectivity index (χ0n) is 12.4. The van der Waals surface area contributed by atoms with Crippen molar-refractivity contribution in [1.29, 1.82) is 0 Å². The molecule has 0 saturated carbocycles. The summed E-state index contributed by atoms with van der Waals surface area (Å²) in [4.78, 5) is 7.03. The summed E-state index contributed by atoms with van der Waals surface area (Å²) in [5, 5.41) is 3.23. The van der Waals surface area contributed by atoms with E-state index in [9.17, 15) is 0 Å². The first-order valence-electron chi connectivity index (χ1n) is 6.64. The van der Waals surface area contributed by atoms with Crippen molar-refractivity contribution in [1.82, 2.24) is 19.8 Å². The third kappa shape index (κ3) is 2.95. The smallest absolute Gasteiger partial charge is 0.140 e. The predicted octanol–water partition coefficient (Wildman–Crippen LogP) is 2.67. The molecule has 0 bridgehead atoms. The van der Waals surface area contributed by atoms with Crippen LogP contribution in [-0.2, 0) is 7.05 Å². The number of nitrogens with zero attached hydrogens (tertiary/aromatic N) is 3. The number of nitrogens with one attached hydrogen (secondary N) is 1. The molecule has 0 spiro atoms. The van der Waals surface area contributed by atoms with E-state index in [1.54, 1.807) is 0 Å². The van der Waals surface area contributed by atoms with Gasteiger partial charge in [0, 0.05) is 19.2 Å². The Bertz CT molecular complexity index is 563. The standard InChI is InChI=1S/C15H21BrN4/c1-17-10-12(19(2)3)13-14(16)20(4)15(18-13)11-8-6-5-7-9-11/h5-9,12,17H,10H2,1-4H3. The van der Waals surface area contributed by atoms with Gasteiger partial charge in [0.05, 0.1) is 11.7 Å². The van der Waals surface area contributed by atoms with Gasteiger partial charge >= 0.3 is 0 Å². The van der Waals surface area contributed by atoms with Crippen LogP contribution in [0.25, 0.3) is 11.4 Å². The Morgan fingerprint density at radius 3 is 2.50 bits per heavy atom. The zero-order chi connectivity index (χ0) is 14.7. The Morgan fingerprint density at radius 1 is 1.30 bits per heavy atom. The fourth-order valence-electron chi connectivity index (χ4n) is 2.27. The van der Waals surface area contributed by atoms with Gasteiger partial charge in [-0.15, -0.1) is 0 Å². The number of hydrogen-bond acceptors (Lipinski definition) is 3. The second-order valence-electron chi connectivity index (χ2n) is 5.07. The maximum absolute atomic E-state index is 4.85. The lowest BCUT2D eigenvalue weighted by Gasteiger charge is -2.22. The summed E-state index contributed by atoms with van der Waals surface area (Å²) in [6.45, 7) is 0.858. The van der Waals surface area contributed by atoms with E-state index in [0.717, 1.165) is 28.2 Å². The number of imidazole rings is 1. The fraction of sp³-hybridized carbons (Fsp3) is 0.400. The van der Waals surface area contributed by atoms with Crippen molar-refractivity contribution < 1.29 is 0 Å². The molecule has 2 aromatic rings. The first kappa shape index (κ1) is 15.2. The molecule has 0 saturated heterocycles. The topological polar surface area (TPSA) is 33.1 Å². The van der Waals surface area contributed by atoms with Crippen molar-refractivity contribution in [2.45, 2.75) is 6.04 Å². The third-order valence-corrected chi connectivity index (χ3v) is 4.36. The lowest BCUT2D eigenvalue weighted by atomic mass is 10.2. The number of aromatic nitrogens is 2. The van der Waals surface area contributed by atoms with E-state index in [-0.39, 0.29) is 6.04 Å². The van der Waals surface area contributed by atoms with Gasteiger partial charge in [-0.05, 0) is 37.1 Å². The second-order valence-corrected chi connectivity index (χ2v) is 5.82. The van der Waals surface area contributed by atoms with E-state index in [1.165, 1.54) is 0 Å². The molecule has 0 aliphatic rings. The van der Waals surface area contributed by atoms with Gasteiger partial charge in [0.15, 0.2) is 0 Å². The van der Waals surface area contributed by atoms with Crippen molar-refractivity contribution in [2.24, 2.45) is 7.05 Å². The van der Waals surface area contributed by atoms with Gasteiger partial charge < -0.3 is 9.88 Å². The Labute approximate surface area is 128 Å². The van der Waals surface area contributed by atoms with Crippen molar-refractivity contribution in [3.05, 3.63) is 40.6 Å². The minimum absolute atomic E-state index is 0.234. The summed E-state index contributed by atoms with van der Waals surface area (Å²) < 4.78 is 3.13. The van der Waals surface area contributed by atoms with Crippen LogP contribution < -0.4 is 5.32 Å². The summed E-state index contributed by atoms with van der Waals surface area (Å²) in [6, 6.07) is 10.5. The number of hydrogen-bond donors (Lipinski definition) is 1. The number of halogens is 1. The van der Waals surface area contributed by atoms with E-state index in [2.05, 4.69) is 56.9 Å². The lowest BCUT2D eigenvalue weighted by molar-refractivity contribution is 0.288. The van der Waals surface area contributed by atoms with Gasteiger partial charge in [0.1, 0.15) is 10.4 Å². The fourth-order valence-corrected chi connectivity index (χ4v) is 2.80. The highest BCUT2D eigenvalue weighted by molar-refractivity contribution is 9.10. The van der Waals surface area contributed by atoms with Crippen LogP contribution in [-0.4, -0.2) is 42.1 Å². The highest BCUT2D eigenvalue weighted by Crippen LogP contribution is 2.30. The molecule has 0 amide bonds. The van der Waals surface area contributed by atoms with Crippen LogP contribution in [0, 0.1) is 0 Å². The summed E-state index contributed by atoms with van der Waals surface area (Å²) in [7, 11) is 8.15. The second kappa shape index (κ2) is 6.52. The molecule has 2 rings (SSSR count). The van der Waals surface area contributed by atoms with Gasteiger partial charge in [-0.25, -0.2) is 4.98 Å². The van der Waals surface area contributed by atoms with E-state index >= 15 is 0 Å². The van der Waals surface area contributed by atoms with Gasteiger partial charge in [-0.2, -0.15) is 0 Å². The molecule has 1 aromatic carbocycles. The summed E-state index contributed by atoms with van der Waals surface area (Å²) >= 11 is 3.68. The molecule has 108 valence electrons. The normalized spacial score (nSPS) is 12.9. The van der Waals surface area contributed by atoms with Crippen LogP contribution in [0.5, 0.6) is 0 Å². The quantitative estimate of drug-likeness (QED) is 0.911. The molecular weight excluding hydrogens is 316 g/mol. The molecule has 1 heterocycles. The molecule has 1 unspecified atom stereocenters. The van der Waals surface area contributed by atoms with E-state index in [0.29, 0.717) is 0 Å². The van der Waals surface area contributed by atoms with Crippen LogP contribution in [0.2, 0.25) is 0 Å². The molecular formula is C15H21BrN4. The van der Waals surface area contributed by atoms with Gasteiger partial charge in [0.25, 0.3) is 0 Å². The first-order chi connectivity index (χ1) is 9.56. The summed E-state index contributed by atoms with van der Waals surface area (Å²) in [5.74, 6) is 0.982. The van der Waals surface area contributed by atoms with Gasteiger partial charge in [0.2, 0.25) is 0 Å². The predicted molar refractivity (Wildman–Crippen MR) is 86.7 cm³/mol. The average Bonchev–Trinajstić information content (AvgIpc) is 2.73. The average molecular weight is 337 g/mol.